The summed E-state index contributed by atoms with van der Waals surface area (Å²) in [6.45, 7) is 3.84. The number of rotatable bonds is 4. The summed E-state index contributed by atoms with van der Waals surface area (Å²) in [7, 11) is 0. The molecule has 0 saturated heterocycles. The molecule has 0 aliphatic carbocycles. The Morgan fingerprint density at radius 3 is 2.62 bits per heavy atom. The van der Waals surface area contributed by atoms with Crippen molar-refractivity contribution in [1.82, 2.24) is 0 Å². The van der Waals surface area contributed by atoms with Gasteiger partial charge in [0, 0.05) is 0 Å². The van der Waals surface area contributed by atoms with Crippen molar-refractivity contribution in [3.8, 4) is 0 Å². The van der Waals surface area contributed by atoms with Gasteiger partial charge in [-0.05, 0) is 25.5 Å². The van der Waals surface area contributed by atoms with Crippen LogP contribution in [0.5, 0.6) is 0 Å². The van der Waals surface area contributed by atoms with E-state index in [0.29, 0.717) is 11.1 Å². The fourth-order valence-electron chi connectivity index (χ4n) is 1.44. The van der Waals surface area contributed by atoms with Gasteiger partial charge in [0.05, 0.1) is 18.6 Å². The van der Waals surface area contributed by atoms with Crippen LogP contribution in [-0.4, -0.2) is 23.7 Å². The molecule has 1 aromatic rings. The average molecular weight is 222 g/mol. The van der Waals surface area contributed by atoms with Crippen LogP contribution < -0.4 is 0 Å². The molecule has 0 heterocycles. The van der Waals surface area contributed by atoms with Crippen molar-refractivity contribution >= 4 is 11.9 Å². The standard InChI is InChI=1S/C12H14O4/c1-3-16-12(15)10-5-4-8(2)6-9(10)7-11(13)14/h4-6H,3,7H2,1-2H3,(H,13,14). The Morgan fingerprint density at radius 1 is 1.38 bits per heavy atom. The zero-order valence-electron chi connectivity index (χ0n) is 9.32. The number of benzene rings is 1. The fourth-order valence-corrected chi connectivity index (χ4v) is 1.44. The predicted molar refractivity (Wildman–Crippen MR) is 58.5 cm³/mol. The van der Waals surface area contributed by atoms with Crippen molar-refractivity contribution in [3.05, 3.63) is 34.9 Å². The number of carbonyl (C=O) groups is 2. The van der Waals surface area contributed by atoms with Crippen LogP contribution in [0.2, 0.25) is 0 Å². The lowest BCUT2D eigenvalue weighted by Crippen LogP contribution is -2.11. The van der Waals surface area contributed by atoms with E-state index in [0.717, 1.165) is 5.56 Å². The Bertz CT molecular complexity index is 409. The Labute approximate surface area is 93.9 Å². The first kappa shape index (κ1) is 12.2. The molecule has 0 radical (unpaired) electrons. The lowest BCUT2D eigenvalue weighted by atomic mass is 10.0. The quantitative estimate of drug-likeness (QED) is 0.789. The number of aliphatic carboxylic acids is 1. The highest BCUT2D eigenvalue weighted by Gasteiger charge is 2.14. The molecule has 0 atom stereocenters. The van der Waals surface area contributed by atoms with Crippen LogP contribution in [0.1, 0.15) is 28.4 Å². The van der Waals surface area contributed by atoms with Gasteiger partial charge in [-0.2, -0.15) is 0 Å². The van der Waals surface area contributed by atoms with Gasteiger partial charge in [0.1, 0.15) is 0 Å². The van der Waals surface area contributed by atoms with Crippen LogP contribution >= 0.6 is 0 Å². The third kappa shape index (κ3) is 3.08. The SMILES string of the molecule is CCOC(=O)c1ccc(C)cc1CC(=O)O. The normalized spacial score (nSPS) is 9.88. The van der Waals surface area contributed by atoms with Gasteiger partial charge in [0.2, 0.25) is 0 Å². The number of carboxylic acids is 1. The molecule has 1 N–H and O–H groups in total. The van der Waals surface area contributed by atoms with Crippen molar-refractivity contribution in [3.63, 3.8) is 0 Å². The monoisotopic (exact) mass is 222 g/mol. The van der Waals surface area contributed by atoms with E-state index in [-0.39, 0.29) is 13.0 Å². The Hall–Kier alpha value is -1.84. The van der Waals surface area contributed by atoms with Crippen LogP contribution in [0, 0.1) is 6.92 Å². The van der Waals surface area contributed by atoms with Crippen LogP contribution in [0.15, 0.2) is 18.2 Å². The second kappa shape index (κ2) is 5.30. The maximum atomic E-state index is 11.5. The molecule has 0 spiro atoms. The molecule has 0 unspecified atom stereocenters. The first-order valence-corrected chi connectivity index (χ1v) is 5.03. The molecule has 1 aromatic carbocycles. The van der Waals surface area contributed by atoms with Crippen LogP contribution in [0.4, 0.5) is 0 Å². The molecule has 4 nitrogen and oxygen atoms in total. The Morgan fingerprint density at radius 2 is 2.06 bits per heavy atom. The van der Waals surface area contributed by atoms with Gasteiger partial charge in [-0.15, -0.1) is 0 Å². The molecule has 86 valence electrons. The second-order valence-corrected chi connectivity index (χ2v) is 3.45. The Kier molecular flexibility index (Phi) is 4.05. The maximum absolute atomic E-state index is 11.5. The van der Waals surface area contributed by atoms with Crippen LogP contribution in [0.25, 0.3) is 0 Å². The van der Waals surface area contributed by atoms with Crippen molar-refractivity contribution in [2.45, 2.75) is 20.3 Å². The predicted octanol–water partition coefficient (Wildman–Crippen LogP) is 1.80. The summed E-state index contributed by atoms with van der Waals surface area (Å²) >= 11 is 0. The van der Waals surface area contributed by atoms with Crippen molar-refractivity contribution in [2.24, 2.45) is 0 Å². The average Bonchev–Trinajstić information content (AvgIpc) is 2.16. The summed E-state index contributed by atoms with van der Waals surface area (Å²) in [5, 5.41) is 8.74. The van der Waals surface area contributed by atoms with E-state index in [4.69, 9.17) is 9.84 Å². The summed E-state index contributed by atoms with van der Waals surface area (Å²) < 4.78 is 4.86. The number of aryl methyl sites for hydroxylation is 1. The van der Waals surface area contributed by atoms with E-state index in [1.165, 1.54) is 0 Å². The number of hydrogen-bond acceptors (Lipinski definition) is 3. The highest BCUT2D eigenvalue weighted by Crippen LogP contribution is 2.14. The lowest BCUT2D eigenvalue weighted by molar-refractivity contribution is -0.136. The van der Waals surface area contributed by atoms with Gasteiger partial charge in [0.15, 0.2) is 0 Å². The van der Waals surface area contributed by atoms with E-state index in [2.05, 4.69) is 0 Å². The largest absolute Gasteiger partial charge is 0.481 e. The first-order valence-electron chi connectivity index (χ1n) is 5.03. The highest BCUT2D eigenvalue weighted by molar-refractivity contribution is 5.92. The van der Waals surface area contributed by atoms with Gasteiger partial charge in [-0.1, -0.05) is 17.7 Å². The lowest BCUT2D eigenvalue weighted by Gasteiger charge is -2.07. The number of carbonyl (C=O) groups excluding carboxylic acids is 1. The first-order chi connectivity index (χ1) is 7.54. The molecule has 4 heteroatoms. The van der Waals surface area contributed by atoms with Gasteiger partial charge in [-0.3, -0.25) is 4.79 Å². The third-order valence-electron chi connectivity index (χ3n) is 2.10. The summed E-state index contributed by atoms with van der Waals surface area (Å²) in [5.41, 5.74) is 1.74. The molecule has 0 aliphatic rings. The molecule has 0 amide bonds. The van der Waals surface area contributed by atoms with E-state index in [1.54, 1.807) is 25.1 Å². The molecule has 1 rings (SSSR count). The third-order valence-corrected chi connectivity index (χ3v) is 2.10. The van der Waals surface area contributed by atoms with E-state index >= 15 is 0 Å². The zero-order chi connectivity index (χ0) is 12.1. The summed E-state index contributed by atoms with van der Waals surface area (Å²) in [4.78, 5) is 22.2. The van der Waals surface area contributed by atoms with Gasteiger partial charge < -0.3 is 9.84 Å². The van der Waals surface area contributed by atoms with Gasteiger partial charge >= 0.3 is 11.9 Å². The minimum absolute atomic E-state index is 0.171. The number of carboxylic acid groups (broad SMARTS) is 1. The molecule has 16 heavy (non-hydrogen) atoms. The smallest absolute Gasteiger partial charge is 0.338 e. The topological polar surface area (TPSA) is 63.6 Å². The molecule has 0 bridgehead atoms. The molecule has 0 aromatic heterocycles. The number of esters is 1. The number of hydrogen-bond donors (Lipinski definition) is 1. The molecular weight excluding hydrogens is 208 g/mol. The van der Waals surface area contributed by atoms with Gasteiger partial charge in [-0.25, -0.2) is 4.79 Å². The van der Waals surface area contributed by atoms with Crippen molar-refractivity contribution in [2.75, 3.05) is 6.61 Å². The van der Waals surface area contributed by atoms with E-state index < -0.39 is 11.9 Å². The number of ether oxygens (including phenoxy) is 1. The minimum Gasteiger partial charge on any atom is -0.481 e. The maximum Gasteiger partial charge on any atom is 0.338 e. The van der Waals surface area contributed by atoms with Gasteiger partial charge in [0.25, 0.3) is 0 Å². The van der Waals surface area contributed by atoms with Crippen molar-refractivity contribution in [1.29, 1.82) is 0 Å². The summed E-state index contributed by atoms with van der Waals surface area (Å²) in [6, 6.07) is 5.06. The molecule has 0 saturated carbocycles. The van der Waals surface area contributed by atoms with Crippen LogP contribution in [-0.2, 0) is 16.0 Å². The fraction of sp³-hybridized carbons (Fsp3) is 0.333. The minimum atomic E-state index is -0.962. The van der Waals surface area contributed by atoms with Crippen LogP contribution in [0.3, 0.4) is 0 Å². The second-order valence-electron chi connectivity index (χ2n) is 3.45. The molecular formula is C12H14O4. The zero-order valence-corrected chi connectivity index (χ0v) is 9.32. The van der Waals surface area contributed by atoms with E-state index in [9.17, 15) is 9.59 Å². The highest BCUT2D eigenvalue weighted by atomic mass is 16.5. The molecule has 0 aliphatic heterocycles. The van der Waals surface area contributed by atoms with Crippen molar-refractivity contribution < 1.29 is 19.4 Å². The summed E-state index contributed by atoms with van der Waals surface area (Å²) in [6.07, 6.45) is -0.171. The summed E-state index contributed by atoms with van der Waals surface area (Å²) in [5.74, 6) is -1.44. The van der Waals surface area contributed by atoms with E-state index in [1.807, 2.05) is 6.92 Å². The Balaban J connectivity index is 3.06. The molecule has 0 fully saturated rings.